The number of ether oxygens (including phenoxy) is 2. The highest BCUT2D eigenvalue weighted by Gasteiger charge is 2.16. The van der Waals surface area contributed by atoms with Crippen LogP contribution in [0.2, 0.25) is 0 Å². The van der Waals surface area contributed by atoms with Crippen molar-refractivity contribution >= 4 is 0 Å². The summed E-state index contributed by atoms with van der Waals surface area (Å²) in [6, 6.07) is 8.70. The van der Waals surface area contributed by atoms with Crippen LogP contribution in [0.1, 0.15) is 51.6 Å². The van der Waals surface area contributed by atoms with E-state index in [2.05, 4.69) is 44.3 Å². The van der Waals surface area contributed by atoms with Gasteiger partial charge in [-0.05, 0) is 50.8 Å². The summed E-state index contributed by atoms with van der Waals surface area (Å²) in [5, 5.41) is 3.55. The highest BCUT2D eigenvalue weighted by molar-refractivity contribution is 5.30. The van der Waals surface area contributed by atoms with Gasteiger partial charge in [0.1, 0.15) is 5.75 Å². The lowest BCUT2D eigenvalue weighted by atomic mass is 10.1. The third-order valence-electron chi connectivity index (χ3n) is 3.95. The molecule has 0 spiro atoms. The van der Waals surface area contributed by atoms with Crippen molar-refractivity contribution in [3.63, 3.8) is 0 Å². The van der Waals surface area contributed by atoms with Crippen LogP contribution in [-0.2, 0) is 4.74 Å². The van der Waals surface area contributed by atoms with Gasteiger partial charge in [-0.15, -0.1) is 0 Å². The van der Waals surface area contributed by atoms with Crippen LogP contribution in [0.4, 0.5) is 0 Å². The van der Waals surface area contributed by atoms with Crippen molar-refractivity contribution in [1.29, 1.82) is 0 Å². The summed E-state index contributed by atoms with van der Waals surface area (Å²) in [7, 11) is 0. The minimum absolute atomic E-state index is 0.264. The van der Waals surface area contributed by atoms with Gasteiger partial charge in [0.2, 0.25) is 0 Å². The molecule has 1 aromatic rings. The topological polar surface area (TPSA) is 30.5 Å². The quantitative estimate of drug-likeness (QED) is 0.824. The fraction of sp³-hybridized carbons (Fsp3) is 0.647. The SMILES string of the molecule is CCC(C)Oc1cccc(C(C)NCC2CCCO2)c1. The first kappa shape index (κ1) is 15.3. The lowest BCUT2D eigenvalue weighted by Gasteiger charge is -2.19. The number of hydrogen-bond donors (Lipinski definition) is 1. The molecule has 1 N–H and O–H groups in total. The molecule has 0 aromatic heterocycles. The van der Waals surface area contributed by atoms with Crippen LogP contribution in [-0.4, -0.2) is 25.4 Å². The molecule has 1 heterocycles. The molecule has 0 aliphatic carbocycles. The molecule has 1 aliphatic rings. The smallest absolute Gasteiger partial charge is 0.120 e. The average Bonchev–Trinajstić information content (AvgIpc) is 2.98. The maximum Gasteiger partial charge on any atom is 0.120 e. The predicted octanol–water partition coefficient (Wildman–Crippen LogP) is 3.69. The molecule has 1 fully saturated rings. The monoisotopic (exact) mass is 277 g/mol. The molecule has 0 saturated carbocycles. The standard InChI is InChI=1S/C17H27NO2/c1-4-13(2)20-16-8-5-7-15(11-16)14(3)18-12-17-9-6-10-19-17/h5,7-8,11,13-14,17-18H,4,6,9-10,12H2,1-3H3. The van der Waals surface area contributed by atoms with Gasteiger partial charge in [0.25, 0.3) is 0 Å². The molecule has 1 aliphatic heterocycles. The lowest BCUT2D eigenvalue weighted by Crippen LogP contribution is -2.28. The Morgan fingerprint density at radius 1 is 1.40 bits per heavy atom. The Hall–Kier alpha value is -1.06. The van der Waals surface area contributed by atoms with Gasteiger partial charge in [-0.25, -0.2) is 0 Å². The Balaban J connectivity index is 1.88. The molecular weight excluding hydrogens is 250 g/mol. The zero-order valence-electron chi connectivity index (χ0n) is 12.9. The Labute approximate surface area is 122 Å². The van der Waals surface area contributed by atoms with E-state index in [0.29, 0.717) is 12.1 Å². The molecule has 1 saturated heterocycles. The van der Waals surface area contributed by atoms with Gasteiger partial charge in [-0.2, -0.15) is 0 Å². The molecule has 0 radical (unpaired) electrons. The minimum Gasteiger partial charge on any atom is -0.491 e. The van der Waals surface area contributed by atoms with E-state index < -0.39 is 0 Å². The maximum atomic E-state index is 5.88. The zero-order chi connectivity index (χ0) is 14.4. The fourth-order valence-corrected chi connectivity index (χ4v) is 2.40. The van der Waals surface area contributed by atoms with Crippen LogP contribution in [0.25, 0.3) is 0 Å². The molecule has 3 atom stereocenters. The largest absolute Gasteiger partial charge is 0.491 e. The van der Waals surface area contributed by atoms with Crippen LogP contribution in [0.5, 0.6) is 5.75 Å². The van der Waals surface area contributed by atoms with Crippen molar-refractivity contribution in [2.24, 2.45) is 0 Å². The summed E-state index contributed by atoms with van der Waals surface area (Å²) in [5.74, 6) is 0.961. The molecular formula is C17H27NO2. The average molecular weight is 277 g/mol. The second-order valence-corrected chi connectivity index (χ2v) is 5.67. The van der Waals surface area contributed by atoms with E-state index in [0.717, 1.165) is 25.3 Å². The molecule has 3 unspecified atom stereocenters. The Morgan fingerprint density at radius 3 is 2.95 bits per heavy atom. The molecule has 1 aromatic carbocycles. The van der Waals surface area contributed by atoms with E-state index in [-0.39, 0.29) is 6.10 Å². The summed E-state index contributed by atoms with van der Waals surface area (Å²) in [5.41, 5.74) is 1.27. The Bertz CT molecular complexity index is 402. The van der Waals surface area contributed by atoms with Crippen molar-refractivity contribution < 1.29 is 9.47 Å². The van der Waals surface area contributed by atoms with Crippen LogP contribution < -0.4 is 10.1 Å². The normalized spacial score (nSPS) is 21.6. The van der Waals surface area contributed by atoms with Crippen molar-refractivity contribution in [3.05, 3.63) is 29.8 Å². The van der Waals surface area contributed by atoms with Crippen LogP contribution in [0.15, 0.2) is 24.3 Å². The summed E-state index contributed by atoms with van der Waals surface area (Å²) < 4.78 is 11.5. The van der Waals surface area contributed by atoms with Crippen LogP contribution in [0.3, 0.4) is 0 Å². The molecule has 20 heavy (non-hydrogen) atoms. The van der Waals surface area contributed by atoms with Crippen molar-refractivity contribution in [2.45, 2.75) is 58.3 Å². The van der Waals surface area contributed by atoms with E-state index in [1.807, 2.05) is 6.07 Å². The van der Waals surface area contributed by atoms with Gasteiger partial charge in [-0.3, -0.25) is 0 Å². The highest BCUT2D eigenvalue weighted by atomic mass is 16.5. The predicted molar refractivity (Wildman–Crippen MR) is 82.2 cm³/mol. The number of nitrogens with one attached hydrogen (secondary N) is 1. The highest BCUT2D eigenvalue weighted by Crippen LogP contribution is 2.21. The van der Waals surface area contributed by atoms with Crippen molar-refractivity contribution in [2.75, 3.05) is 13.2 Å². The van der Waals surface area contributed by atoms with Crippen LogP contribution >= 0.6 is 0 Å². The second-order valence-electron chi connectivity index (χ2n) is 5.67. The lowest BCUT2D eigenvalue weighted by molar-refractivity contribution is 0.108. The molecule has 3 nitrogen and oxygen atoms in total. The van der Waals surface area contributed by atoms with Crippen molar-refractivity contribution in [1.82, 2.24) is 5.32 Å². The first-order valence-electron chi connectivity index (χ1n) is 7.80. The number of rotatable bonds is 7. The summed E-state index contributed by atoms with van der Waals surface area (Å²) >= 11 is 0. The first-order valence-corrected chi connectivity index (χ1v) is 7.80. The van der Waals surface area contributed by atoms with E-state index in [4.69, 9.17) is 9.47 Å². The van der Waals surface area contributed by atoms with E-state index in [9.17, 15) is 0 Å². The van der Waals surface area contributed by atoms with E-state index in [1.165, 1.54) is 18.4 Å². The van der Waals surface area contributed by atoms with Gasteiger partial charge in [0, 0.05) is 19.2 Å². The summed E-state index contributed by atoms with van der Waals surface area (Å²) in [4.78, 5) is 0. The van der Waals surface area contributed by atoms with Crippen molar-refractivity contribution in [3.8, 4) is 5.75 Å². The zero-order valence-corrected chi connectivity index (χ0v) is 12.9. The molecule has 2 rings (SSSR count). The molecule has 0 amide bonds. The van der Waals surface area contributed by atoms with Gasteiger partial charge in [0.05, 0.1) is 12.2 Å². The summed E-state index contributed by atoms with van der Waals surface area (Å²) in [6.07, 6.45) is 4.05. The van der Waals surface area contributed by atoms with Gasteiger partial charge < -0.3 is 14.8 Å². The van der Waals surface area contributed by atoms with E-state index in [1.54, 1.807) is 0 Å². The maximum absolute atomic E-state index is 5.88. The fourth-order valence-electron chi connectivity index (χ4n) is 2.40. The minimum atomic E-state index is 0.264. The third-order valence-corrected chi connectivity index (χ3v) is 3.95. The molecule has 3 heteroatoms. The second kappa shape index (κ2) is 7.65. The number of hydrogen-bond acceptors (Lipinski definition) is 3. The van der Waals surface area contributed by atoms with Gasteiger partial charge >= 0.3 is 0 Å². The Kier molecular flexibility index (Phi) is 5.86. The third kappa shape index (κ3) is 4.50. The molecule has 0 bridgehead atoms. The van der Waals surface area contributed by atoms with Crippen LogP contribution in [0, 0.1) is 0 Å². The van der Waals surface area contributed by atoms with Gasteiger partial charge in [-0.1, -0.05) is 19.1 Å². The summed E-state index contributed by atoms with van der Waals surface area (Å²) in [6.45, 7) is 8.28. The molecule has 112 valence electrons. The first-order chi connectivity index (χ1) is 9.69. The van der Waals surface area contributed by atoms with E-state index >= 15 is 0 Å². The van der Waals surface area contributed by atoms with Gasteiger partial charge in [0.15, 0.2) is 0 Å². The Morgan fingerprint density at radius 2 is 2.25 bits per heavy atom. The number of benzene rings is 1.